The average molecular weight is 403 g/mol. The highest BCUT2D eigenvalue weighted by molar-refractivity contribution is 5.90. The Morgan fingerprint density at radius 3 is 2.46 bits per heavy atom. The molecule has 1 unspecified atom stereocenters. The Hall–Kier alpha value is -0.920. The standard InChI is InChI=1S/C18H26N4O2.2ClH/c1-24-18(12-5-6-21-16(7-12)17(19)23)13-3-2-4-14(18)11-22(10-13)15-8-20-9-15;;/h5-7,13-15,20H,2-4,8-11H2,1H3,(H2,19,23);2*1H/t13-,14+,18?;;. The first-order valence-electron chi connectivity index (χ1n) is 8.91. The molecule has 0 radical (unpaired) electrons. The van der Waals surface area contributed by atoms with Crippen LogP contribution >= 0.6 is 24.8 Å². The van der Waals surface area contributed by atoms with Gasteiger partial charge in [-0.3, -0.25) is 14.7 Å². The van der Waals surface area contributed by atoms with Crippen molar-refractivity contribution in [2.24, 2.45) is 17.6 Å². The van der Waals surface area contributed by atoms with Crippen molar-refractivity contribution in [1.82, 2.24) is 15.2 Å². The molecule has 4 rings (SSSR count). The molecular formula is C18H28Cl2N4O2. The number of hydrogen-bond acceptors (Lipinski definition) is 5. The summed E-state index contributed by atoms with van der Waals surface area (Å²) in [7, 11) is 1.82. The number of carbonyl (C=O) groups is 1. The van der Waals surface area contributed by atoms with Crippen molar-refractivity contribution in [2.45, 2.75) is 30.9 Å². The summed E-state index contributed by atoms with van der Waals surface area (Å²) in [6.07, 6.45) is 5.27. The Bertz CT molecular complexity index is 627. The topological polar surface area (TPSA) is 80.5 Å². The zero-order valence-corrected chi connectivity index (χ0v) is 16.7. The summed E-state index contributed by atoms with van der Waals surface area (Å²) in [4.78, 5) is 18.3. The summed E-state index contributed by atoms with van der Waals surface area (Å²) in [5.41, 5.74) is 6.51. The second-order valence-corrected chi connectivity index (χ2v) is 7.38. The van der Waals surface area contributed by atoms with Gasteiger partial charge in [0, 0.05) is 57.4 Å². The number of likely N-dealkylation sites (tertiary alicyclic amines) is 1. The van der Waals surface area contributed by atoms with Crippen LogP contribution in [0.5, 0.6) is 0 Å². The fourth-order valence-electron chi connectivity index (χ4n) is 5.03. The van der Waals surface area contributed by atoms with Gasteiger partial charge in [0.05, 0.1) is 0 Å². The quantitative estimate of drug-likeness (QED) is 0.798. The molecule has 2 bridgehead atoms. The van der Waals surface area contributed by atoms with E-state index in [1.54, 1.807) is 6.20 Å². The Balaban J connectivity index is 0.00000121. The van der Waals surface area contributed by atoms with E-state index >= 15 is 0 Å². The Labute approximate surface area is 167 Å². The summed E-state index contributed by atoms with van der Waals surface area (Å²) < 4.78 is 6.22. The van der Waals surface area contributed by atoms with Gasteiger partial charge in [-0.25, -0.2) is 0 Å². The third-order valence-corrected chi connectivity index (χ3v) is 6.31. The molecule has 6 nitrogen and oxygen atoms in total. The van der Waals surface area contributed by atoms with Crippen LogP contribution < -0.4 is 11.1 Å². The Kier molecular flexibility index (Phi) is 6.91. The normalized spacial score (nSPS) is 31.3. The molecule has 3 aliphatic rings. The minimum absolute atomic E-state index is 0. The fourth-order valence-corrected chi connectivity index (χ4v) is 5.03. The van der Waals surface area contributed by atoms with Crippen LogP contribution in [0, 0.1) is 11.8 Å². The minimum Gasteiger partial charge on any atom is -0.373 e. The number of hydrogen-bond donors (Lipinski definition) is 2. The minimum atomic E-state index is -0.480. The van der Waals surface area contributed by atoms with Crippen molar-refractivity contribution in [3.63, 3.8) is 0 Å². The predicted octanol–water partition coefficient (Wildman–Crippen LogP) is 1.57. The van der Waals surface area contributed by atoms with Gasteiger partial charge in [-0.05, 0) is 30.5 Å². The number of ether oxygens (including phenoxy) is 1. The Morgan fingerprint density at radius 2 is 1.96 bits per heavy atom. The molecule has 0 spiro atoms. The van der Waals surface area contributed by atoms with Crippen molar-refractivity contribution in [3.05, 3.63) is 29.6 Å². The second-order valence-electron chi connectivity index (χ2n) is 7.38. The largest absolute Gasteiger partial charge is 0.373 e. The first-order valence-corrected chi connectivity index (χ1v) is 8.91. The molecule has 3 atom stereocenters. The molecule has 2 saturated heterocycles. The van der Waals surface area contributed by atoms with Crippen LogP contribution in [0.25, 0.3) is 0 Å². The van der Waals surface area contributed by atoms with E-state index in [4.69, 9.17) is 10.5 Å². The lowest BCUT2D eigenvalue weighted by molar-refractivity contribution is -0.176. The number of primary amides is 1. The van der Waals surface area contributed by atoms with Gasteiger partial charge in [0.1, 0.15) is 11.3 Å². The third kappa shape index (κ3) is 3.34. The number of pyridine rings is 1. The molecule has 26 heavy (non-hydrogen) atoms. The molecule has 1 amide bonds. The maximum Gasteiger partial charge on any atom is 0.267 e. The molecule has 146 valence electrons. The van der Waals surface area contributed by atoms with E-state index < -0.39 is 5.91 Å². The van der Waals surface area contributed by atoms with Gasteiger partial charge < -0.3 is 15.8 Å². The van der Waals surface area contributed by atoms with Crippen LogP contribution in [0.4, 0.5) is 0 Å². The van der Waals surface area contributed by atoms with Gasteiger partial charge >= 0.3 is 0 Å². The number of fused-ring (bicyclic) bond motifs is 2. The van der Waals surface area contributed by atoms with Crippen LogP contribution in [-0.2, 0) is 10.3 Å². The summed E-state index contributed by atoms with van der Waals surface area (Å²) in [5, 5.41) is 3.38. The molecule has 2 aliphatic heterocycles. The number of amides is 1. The molecule has 1 aromatic rings. The van der Waals surface area contributed by atoms with Crippen LogP contribution in [0.1, 0.15) is 35.3 Å². The lowest BCUT2D eigenvalue weighted by Gasteiger charge is -2.57. The highest BCUT2D eigenvalue weighted by Gasteiger charge is 2.54. The van der Waals surface area contributed by atoms with Gasteiger partial charge in [-0.15, -0.1) is 24.8 Å². The van der Waals surface area contributed by atoms with Crippen LogP contribution in [0.3, 0.4) is 0 Å². The fraction of sp³-hybridized carbons (Fsp3) is 0.667. The zero-order chi connectivity index (χ0) is 16.7. The first-order chi connectivity index (χ1) is 11.6. The zero-order valence-electron chi connectivity index (χ0n) is 15.0. The number of piperidine rings is 1. The number of nitrogens with two attached hydrogens (primary N) is 1. The SMILES string of the molecule is COC1(c2ccnc(C(N)=O)c2)[C@@H]2CCC[C@H]1CN(C1CNC1)C2.Cl.Cl. The number of carbonyl (C=O) groups excluding carboxylic acids is 1. The average Bonchev–Trinajstić information content (AvgIpc) is 2.52. The summed E-state index contributed by atoms with van der Waals surface area (Å²) in [5.74, 6) is 0.406. The predicted molar refractivity (Wildman–Crippen MR) is 105 cm³/mol. The molecule has 1 aromatic heterocycles. The summed E-state index contributed by atoms with van der Waals surface area (Å²) >= 11 is 0. The first kappa shape index (κ1) is 21.4. The van der Waals surface area contributed by atoms with E-state index in [1.807, 2.05) is 19.2 Å². The number of nitrogens with zero attached hydrogens (tertiary/aromatic N) is 2. The molecule has 8 heteroatoms. The van der Waals surface area contributed by atoms with Gasteiger partial charge in [0.25, 0.3) is 5.91 Å². The molecular weight excluding hydrogens is 375 g/mol. The smallest absolute Gasteiger partial charge is 0.267 e. The second kappa shape index (κ2) is 8.40. The molecule has 1 saturated carbocycles. The van der Waals surface area contributed by atoms with Crippen molar-refractivity contribution in [1.29, 1.82) is 0 Å². The van der Waals surface area contributed by atoms with E-state index in [1.165, 1.54) is 6.42 Å². The van der Waals surface area contributed by atoms with E-state index in [0.717, 1.165) is 44.6 Å². The van der Waals surface area contributed by atoms with Crippen LogP contribution in [-0.4, -0.2) is 55.1 Å². The van der Waals surface area contributed by atoms with E-state index in [-0.39, 0.29) is 30.4 Å². The van der Waals surface area contributed by atoms with Crippen molar-refractivity contribution >= 4 is 30.7 Å². The van der Waals surface area contributed by atoms with Crippen molar-refractivity contribution in [3.8, 4) is 0 Å². The van der Waals surface area contributed by atoms with Crippen molar-refractivity contribution < 1.29 is 9.53 Å². The summed E-state index contributed by atoms with van der Waals surface area (Å²) in [6, 6.07) is 4.51. The van der Waals surface area contributed by atoms with Gasteiger partial charge in [0.2, 0.25) is 0 Å². The molecule has 3 fully saturated rings. The maximum absolute atomic E-state index is 11.6. The maximum atomic E-state index is 11.6. The lowest BCUT2D eigenvalue weighted by Crippen LogP contribution is -2.66. The number of aromatic nitrogens is 1. The molecule has 3 heterocycles. The highest BCUT2D eigenvalue weighted by atomic mass is 35.5. The van der Waals surface area contributed by atoms with Gasteiger partial charge in [-0.2, -0.15) is 0 Å². The lowest BCUT2D eigenvalue weighted by atomic mass is 9.62. The Morgan fingerprint density at radius 1 is 1.31 bits per heavy atom. The molecule has 1 aliphatic carbocycles. The van der Waals surface area contributed by atoms with Gasteiger partial charge in [0.15, 0.2) is 0 Å². The highest BCUT2D eigenvalue weighted by Crippen LogP contribution is 2.51. The molecule has 0 aromatic carbocycles. The van der Waals surface area contributed by atoms with E-state index in [9.17, 15) is 4.79 Å². The number of nitrogens with one attached hydrogen (secondary N) is 1. The van der Waals surface area contributed by atoms with E-state index in [2.05, 4.69) is 15.2 Å². The number of methoxy groups -OCH3 is 1. The summed E-state index contributed by atoms with van der Waals surface area (Å²) in [6.45, 7) is 4.32. The van der Waals surface area contributed by atoms with Crippen molar-refractivity contribution in [2.75, 3.05) is 33.3 Å². The third-order valence-electron chi connectivity index (χ3n) is 6.31. The number of rotatable bonds is 4. The van der Waals surface area contributed by atoms with Crippen LogP contribution in [0.15, 0.2) is 18.3 Å². The number of halogens is 2. The monoisotopic (exact) mass is 402 g/mol. The molecule has 3 N–H and O–H groups in total. The van der Waals surface area contributed by atoms with E-state index in [0.29, 0.717) is 23.6 Å². The van der Waals surface area contributed by atoms with Crippen LogP contribution in [0.2, 0.25) is 0 Å². The van der Waals surface area contributed by atoms with Gasteiger partial charge in [-0.1, -0.05) is 6.42 Å².